The number of hydrogen-bond acceptors (Lipinski definition) is 5. The van der Waals surface area contributed by atoms with Crippen molar-refractivity contribution in [1.29, 1.82) is 0 Å². The molecule has 1 saturated carbocycles. The van der Waals surface area contributed by atoms with Crippen molar-refractivity contribution in [2.45, 2.75) is 37.3 Å². The number of anilines is 1. The minimum Gasteiger partial charge on any atom is -0.388 e. The molecule has 0 spiro atoms. The maximum Gasteiger partial charge on any atom is 0.206 e. The second-order valence-electron chi connectivity index (χ2n) is 5.76. The molecular weight excluding hydrogens is 329 g/mol. The fraction of sp³-hybridized carbons (Fsp3) is 0.500. The number of nitrogens with zero attached hydrogens (tertiary/aromatic N) is 2. The Bertz CT molecular complexity index is 732. The van der Waals surface area contributed by atoms with Gasteiger partial charge < -0.3 is 20.3 Å². The number of imidazole rings is 1. The van der Waals surface area contributed by atoms with Crippen molar-refractivity contribution >= 4 is 40.2 Å². The average Bonchev–Trinajstić information content (AvgIpc) is 3.16. The topological polar surface area (TPSA) is 79.5 Å². The first-order chi connectivity index (χ1) is 10.5. The van der Waals surface area contributed by atoms with Gasteiger partial charge in [0.05, 0.1) is 27.7 Å². The van der Waals surface area contributed by atoms with E-state index >= 15 is 0 Å². The highest BCUT2D eigenvalue weighted by atomic mass is 35.5. The quantitative estimate of drug-likeness (QED) is 0.795. The molecular formula is C14H15Cl2N3O3. The number of benzene rings is 1. The summed E-state index contributed by atoms with van der Waals surface area (Å²) >= 11 is 12.2. The van der Waals surface area contributed by atoms with Crippen LogP contribution in [0.25, 0.3) is 11.0 Å². The van der Waals surface area contributed by atoms with E-state index in [0.29, 0.717) is 33.1 Å². The zero-order valence-corrected chi connectivity index (χ0v) is 13.1. The van der Waals surface area contributed by atoms with Crippen molar-refractivity contribution in [3.8, 4) is 0 Å². The van der Waals surface area contributed by atoms with E-state index in [9.17, 15) is 10.2 Å². The van der Waals surface area contributed by atoms with Gasteiger partial charge in [-0.15, -0.1) is 0 Å². The second-order valence-corrected chi connectivity index (χ2v) is 6.58. The van der Waals surface area contributed by atoms with Crippen LogP contribution >= 0.6 is 23.2 Å². The average molecular weight is 344 g/mol. The minimum atomic E-state index is -1.02. The van der Waals surface area contributed by atoms with Gasteiger partial charge in [-0.3, -0.25) is 4.57 Å². The summed E-state index contributed by atoms with van der Waals surface area (Å²) in [5.74, 6) is 0.592. The van der Waals surface area contributed by atoms with Crippen LogP contribution in [0.1, 0.15) is 19.1 Å². The molecule has 6 nitrogen and oxygen atoms in total. The number of hydrogen-bond donors (Lipinski definition) is 3. The zero-order valence-electron chi connectivity index (χ0n) is 11.5. The molecule has 8 heteroatoms. The Labute approximate surface area is 136 Å². The number of aromatic nitrogens is 2. The highest BCUT2D eigenvalue weighted by Gasteiger charge is 2.38. The van der Waals surface area contributed by atoms with Crippen LogP contribution < -0.4 is 5.32 Å². The van der Waals surface area contributed by atoms with Gasteiger partial charge in [-0.05, 0) is 25.0 Å². The zero-order chi connectivity index (χ0) is 15.4. The van der Waals surface area contributed by atoms with E-state index in [2.05, 4.69) is 10.3 Å². The van der Waals surface area contributed by atoms with E-state index in [1.807, 2.05) is 0 Å². The molecule has 22 heavy (non-hydrogen) atoms. The highest BCUT2D eigenvalue weighted by Crippen LogP contribution is 2.36. The first-order valence-corrected chi connectivity index (χ1v) is 7.91. The monoisotopic (exact) mass is 343 g/mol. The lowest BCUT2D eigenvalue weighted by Gasteiger charge is -2.20. The summed E-state index contributed by atoms with van der Waals surface area (Å²) in [7, 11) is 0. The summed E-state index contributed by atoms with van der Waals surface area (Å²) in [6, 6.07) is 3.77. The lowest BCUT2D eigenvalue weighted by atomic mass is 10.2. The van der Waals surface area contributed by atoms with Gasteiger partial charge in [0.15, 0.2) is 6.23 Å². The molecule has 3 N–H and O–H groups in total. The predicted octanol–water partition coefficient (Wildman–Crippen LogP) is 2.17. The largest absolute Gasteiger partial charge is 0.388 e. The number of fused-ring (bicyclic) bond motifs is 1. The predicted molar refractivity (Wildman–Crippen MR) is 83.4 cm³/mol. The summed E-state index contributed by atoms with van der Waals surface area (Å²) in [5, 5.41) is 24.1. The molecule has 118 valence electrons. The van der Waals surface area contributed by atoms with Gasteiger partial charge in [0.25, 0.3) is 0 Å². The summed E-state index contributed by atoms with van der Waals surface area (Å²) in [4.78, 5) is 4.53. The van der Waals surface area contributed by atoms with Crippen LogP contribution in [-0.2, 0) is 4.74 Å². The summed E-state index contributed by atoms with van der Waals surface area (Å²) < 4.78 is 7.30. The molecule has 1 aliphatic heterocycles. The Morgan fingerprint density at radius 2 is 1.95 bits per heavy atom. The first kappa shape index (κ1) is 14.5. The van der Waals surface area contributed by atoms with Crippen LogP contribution in [-0.4, -0.2) is 44.6 Å². The van der Waals surface area contributed by atoms with Crippen LogP contribution in [0.2, 0.25) is 10.0 Å². The first-order valence-electron chi connectivity index (χ1n) is 7.16. The Kier molecular flexibility index (Phi) is 3.47. The van der Waals surface area contributed by atoms with Crippen molar-refractivity contribution in [2.75, 3.05) is 11.9 Å². The number of halogens is 2. The molecule has 0 bridgehead atoms. The maximum atomic E-state index is 10.2. The van der Waals surface area contributed by atoms with Crippen molar-refractivity contribution in [2.24, 2.45) is 0 Å². The number of aliphatic hydroxyl groups is 2. The van der Waals surface area contributed by atoms with Crippen molar-refractivity contribution < 1.29 is 14.9 Å². The summed E-state index contributed by atoms with van der Waals surface area (Å²) in [6.45, 7) is 0.0791. The molecule has 2 heterocycles. The molecule has 0 radical (unpaired) electrons. The Hall–Kier alpha value is -1.05. The Morgan fingerprint density at radius 3 is 2.59 bits per heavy atom. The van der Waals surface area contributed by atoms with Gasteiger partial charge in [0.2, 0.25) is 5.95 Å². The lowest BCUT2D eigenvalue weighted by Crippen LogP contribution is -2.29. The molecule has 1 aromatic heterocycles. The minimum absolute atomic E-state index is 0.0791. The van der Waals surface area contributed by atoms with E-state index < -0.39 is 18.4 Å². The number of ether oxygens (including phenoxy) is 1. The van der Waals surface area contributed by atoms with Crippen molar-refractivity contribution in [3.05, 3.63) is 22.2 Å². The molecule has 0 amide bonds. The third kappa shape index (κ3) is 2.35. The van der Waals surface area contributed by atoms with Crippen LogP contribution in [0.3, 0.4) is 0 Å². The maximum absolute atomic E-state index is 10.2. The smallest absolute Gasteiger partial charge is 0.206 e. The number of rotatable bonds is 3. The van der Waals surface area contributed by atoms with E-state index in [4.69, 9.17) is 27.9 Å². The molecule has 1 saturated heterocycles. The van der Waals surface area contributed by atoms with Crippen LogP contribution in [0.15, 0.2) is 12.1 Å². The van der Waals surface area contributed by atoms with Crippen molar-refractivity contribution in [3.63, 3.8) is 0 Å². The molecule has 1 aromatic carbocycles. The number of aliphatic hydroxyl groups excluding tert-OH is 2. The Morgan fingerprint density at radius 1 is 1.23 bits per heavy atom. The molecule has 2 aromatic rings. The van der Waals surface area contributed by atoms with Crippen LogP contribution in [0, 0.1) is 0 Å². The van der Waals surface area contributed by atoms with E-state index in [-0.39, 0.29) is 6.61 Å². The van der Waals surface area contributed by atoms with Gasteiger partial charge in [0.1, 0.15) is 12.2 Å². The van der Waals surface area contributed by atoms with E-state index in [0.717, 1.165) is 12.8 Å². The Balaban J connectivity index is 1.86. The molecule has 1 aliphatic carbocycles. The van der Waals surface area contributed by atoms with Gasteiger partial charge in [-0.2, -0.15) is 0 Å². The third-order valence-corrected chi connectivity index (χ3v) is 4.74. The van der Waals surface area contributed by atoms with E-state index in [1.54, 1.807) is 16.7 Å². The molecule has 0 unspecified atom stereocenters. The normalized spacial score (nSPS) is 28.5. The van der Waals surface area contributed by atoms with Crippen molar-refractivity contribution in [1.82, 2.24) is 9.55 Å². The second kappa shape index (κ2) is 5.25. The highest BCUT2D eigenvalue weighted by molar-refractivity contribution is 6.42. The van der Waals surface area contributed by atoms with Gasteiger partial charge in [0, 0.05) is 6.04 Å². The lowest BCUT2D eigenvalue weighted by molar-refractivity contribution is -0.0148. The molecule has 4 rings (SSSR count). The fourth-order valence-electron chi connectivity index (χ4n) is 2.67. The SMILES string of the molecule is O[C@H]1[C@@H](O)CO[C@@H]1n1c(NC2CC2)nc2cc(Cl)c(Cl)cc21. The standard InChI is InChI=1S/C14H15Cl2N3O3/c15-7-3-9-10(4-8(7)16)19(13-12(21)11(20)5-22-13)14(18-9)17-6-1-2-6/h3-4,6,11-13,20-21H,1-2,5H2,(H,17,18)/t11-,12-,13-/m0/s1. The molecule has 2 fully saturated rings. The third-order valence-electron chi connectivity index (χ3n) is 4.02. The molecule has 3 atom stereocenters. The van der Waals surface area contributed by atoms with Gasteiger partial charge >= 0.3 is 0 Å². The number of nitrogens with one attached hydrogen (secondary N) is 1. The molecule has 2 aliphatic rings. The van der Waals surface area contributed by atoms with Gasteiger partial charge in [-0.1, -0.05) is 23.2 Å². The summed E-state index contributed by atoms with van der Waals surface area (Å²) in [5.41, 5.74) is 1.37. The summed E-state index contributed by atoms with van der Waals surface area (Å²) in [6.07, 6.45) is -0.480. The van der Waals surface area contributed by atoms with Crippen LogP contribution in [0.4, 0.5) is 5.95 Å². The van der Waals surface area contributed by atoms with Gasteiger partial charge in [-0.25, -0.2) is 4.98 Å². The van der Waals surface area contributed by atoms with E-state index in [1.165, 1.54) is 0 Å². The van der Waals surface area contributed by atoms with Crippen LogP contribution in [0.5, 0.6) is 0 Å². The fourth-order valence-corrected chi connectivity index (χ4v) is 2.99.